The Labute approximate surface area is 308 Å². The lowest BCUT2D eigenvalue weighted by molar-refractivity contribution is -0.123. The van der Waals surface area contributed by atoms with Gasteiger partial charge >= 0.3 is 0 Å². The standard InChI is InChI=1S/C46H73NO3/c1-3-5-7-8-9-10-11-12-13-14-15-16-17-18-19-20-21-22-23-24-25-26-27-28-29-30-31-32-33-34-35-36-37-38-40-42-46(50)47-44(43-48)45(49)41-39-6-4-2/h5,7,9-10,12-13,15-16,18-19,21-22,24-25,27-28,30-31,33-34,44-45,48-49H,3-4,6,8,11,14,17,20,23,26,29,32,35-43H2,1-2H3,(H,47,50)/b7-5-,10-9-,13-12-,16-15-,19-18-,22-21-,25-24-,28-27-,31-30-,34-33-. The summed E-state index contributed by atoms with van der Waals surface area (Å²) in [6, 6.07) is -0.554. The van der Waals surface area contributed by atoms with Crippen LogP contribution < -0.4 is 5.32 Å². The lowest BCUT2D eigenvalue weighted by Gasteiger charge is -2.22. The maximum absolute atomic E-state index is 12.2. The van der Waals surface area contributed by atoms with Gasteiger partial charge in [-0.15, -0.1) is 0 Å². The van der Waals surface area contributed by atoms with Crippen LogP contribution in [0.3, 0.4) is 0 Å². The van der Waals surface area contributed by atoms with Crippen LogP contribution in [0.2, 0.25) is 0 Å². The van der Waals surface area contributed by atoms with E-state index in [1.807, 2.05) is 0 Å². The van der Waals surface area contributed by atoms with Gasteiger partial charge < -0.3 is 15.5 Å². The first-order valence-corrected chi connectivity index (χ1v) is 19.7. The van der Waals surface area contributed by atoms with E-state index >= 15 is 0 Å². The van der Waals surface area contributed by atoms with Crippen LogP contribution in [0.4, 0.5) is 0 Å². The molecule has 2 atom stereocenters. The molecule has 0 rings (SSSR count). The molecular formula is C46H73NO3. The summed E-state index contributed by atoms with van der Waals surface area (Å²) in [5.74, 6) is -0.0755. The lowest BCUT2D eigenvalue weighted by Crippen LogP contribution is -2.45. The van der Waals surface area contributed by atoms with Crippen molar-refractivity contribution in [2.24, 2.45) is 0 Å². The average molecular weight is 688 g/mol. The van der Waals surface area contributed by atoms with Gasteiger partial charge in [-0.3, -0.25) is 4.79 Å². The number of allylic oxidation sites excluding steroid dienone is 20. The molecule has 0 spiro atoms. The summed E-state index contributed by atoms with van der Waals surface area (Å²) in [7, 11) is 0. The molecule has 1 amide bonds. The van der Waals surface area contributed by atoms with Crippen LogP contribution in [0.5, 0.6) is 0 Å². The van der Waals surface area contributed by atoms with E-state index in [2.05, 4.69) is 141 Å². The lowest BCUT2D eigenvalue weighted by atomic mass is 10.0. The molecule has 0 saturated carbocycles. The third kappa shape index (κ3) is 36.1. The second kappa shape index (κ2) is 40.2. The highest BCUT2D eigenvalue weighted by Crippen LogP contribution is 2.09. The molecule has 0 aliphatic rings. The highest BCUT2D eigenvalue weighted by atomic mass is 16.3. The van der Waals surface area contributed by atoms with Gasteiger partial charge in [0.2, 0.25) is 5.91 Å². The molecule has 0 heterocycles. The second-order valence-electron chi connectivity index (χ2n) is 12.6. The number of carbonyl (C=O) groups excluding carboxylic acids is 1. The van der Waals surface area contributed by atoms with E-state index in [0.717, 1.165) is 116 Å². The van der Waals surface area contributed by atoms with Crippen molar-refractivity contribution in [3.63, 3.8) is 0 Å². The highest BCUT2D eigenvalue weighted by molar-refractivity contribution is 5.76. The molecule has 3 N–H and O–H groups in total. The molecule has 0 aromatic rings. The van der Waals surface area contributed by atoms with Crippen molar-refractivity contribution in [1.29, 1.82) is 0 Å². The Balaban J connectivity index is 3.67. The van der Waals surface area contributed by atoms with Crippen LogP contribution in [-0.2, 0) is 4.79 Å². The summed E-state index contributed by atoms with van der Waals surface area (Å²) in [6.45, 7) is 4.05. The Morgan fingerprint density at radius 1 is 0.500 bits per heavy atom. The average Bonchev–Trinajstić information content (AvgIpc) is 3.12. The quantitative estimate of drug-likeness (QED) is 0.0475. The first kappa shape index (κ1) is 46.8. The minimum atomic E-state index is -0.674. The van der Waals surface area contributed by atoms with Gasteiger partial charge in [-0.25, -0.2) is 0 Å². The molecule has 0 aliphatic carbocycles. The molecule has 0 radical (unpaired) electrons. The molecule has 50 heavy (non-hydrogen) atoms. The third-order valence-electron chi connectivity index (χ3n) is 7.99. The van der Waals surface area contributed by atoms with Gasteiger partial charge in [-0.1, -0.05) is 167 Å². The molecule has 0 aromatic heterocycles. The number of aliphatic hydroxyl groups is 2. The van der Waals surface area contributed by atoms with Crippen LogP contribution in [0.1, 0.15) is 142 Å². The van der Waals surface area contributed by atoms with Gasteiger partial charge in [0.05, 0.1) is 18.8 Å². The van der Waals surface area contributed by atoms with Crippen LogP contribution >= 0.6 is 0 Å². The monoisotopic (exact) mass is 688 g/mol. The maximum Gasteiger partial charge on any atom is 0.220 e. The van der Waals surface area contributed by atoms with E-state index in [-0.39, 0.29) is 12.5 Å². The molecule has 4 nitrogen and oxygen atoms in total. The van der Waals surface area contributed by atoms with Crippen molar-refractivity contribution in [3.8, 4) is 0 Å². The molecule has 4 heteroatoms. The largest absolute Gasteiger partial charge is 0.394 e. The Bertz CT molecular complexity index is 1050. The van der Waals surface area contributed by atoms with Crippen LogP contribution in [0, 0.1) is 0 Å². The van der Waals surface area contributed by atoms with Crippen molar-refractivity contribution in [3.05, 3.63) is 122 Å². The van der Waals surface area contributed by atoms with Crippen LogP contribution in [0.15, 0.2) is 122 Å². The second-order valence-corrected chi connectivity index (χ2v) is 12.6. The number of amides is 1. The minimum absolute atomic E-state index is 0.0755. The Morgan fingerprint density at radius 2 is 0.880 bits per heavy atom. The molecule has 0 saturated heterocycles. The summed E-state index contributed by atoms with van der Waals surface area (Å²) in [4.78, 5) is 12.2. The zero-order valence-electron chi connectivity index (χ0n) is 31.9. The van der Waals surface area contributed by atoms with Gasteiger partial charge in [0.1, 0.15) is 0 Å². The Morgan fingerprint density at radius 3 is 1.26 bits per heavy atom. The minimum Gasteiger partial charge on any atom is -0.394 e. The molecule has 280 valence electrons. The fourth-order valence-electron chi connectivity index (χ4n) is 4.97. The summed E-state index contributed by atoms with van der Waals surface area (Å²) in [5.41, 5.74) is 0. The molecule has 0 aliphatic heterocycles. The topological polar surface area (TPSA) is 69.6 Å². The summed E-state index contributed by atoms with van der Waals surface area (Å²) in [6.07, 6.45) is 63.3. The summed E-state index contributed by atoms with van der Waals surface area (Å²) >= 11 is 0. The predicted molar refractivity (Wildman–Crippen MR) is 220 cm³/mol. The number of hydrogen-bond donors (Lipinski definition) is 3. The van der Waals surface area contributed by atoms with E-state index in [1.165, 1.54) is 0 Å². The third-order valence-corrected chi connectivity index (χ3v) is 7.99. The molecule has 0 bridgehead atoms. The molecule has 0 aromatic carbocycles. The summed E-state index contributed by atoms with van der Waals surface area (Å²) < 4.78 is 0. The number of carbonyl (C=O) groups is 1. The van der Waals surface area contributed by atoms with E-state index in [1.54, 1.807) is 0 Å². The van der Waals surface area contributed by atoms with Crippen molar-refractivity contribution >= 4 is 5.91 Å². The Kier molecular flexibility index (Phi) is 37.6. The van der Waals surface area contributed by atoms with E-state index in [4.69, 9.17) is 0 Å². The first-order valence-electron chi connectivity index (χ1n) is 19.7. The van der Waals surface area contributed by atoms with Gasteiger partial charge in [-0.05, 0) is 89.9 Å². The van der Waals surface area contributed by atoms with Crippen molar-refractivity contribution in [2.75, 3.05) is 6.61 Å². The SMILES string of the molecule is CC/C=C\C/C=C\C/C=C\C/C=C\C/C=C\C/C=C\C/C=C\C/C=C\C/C=C\C/C=C\CCCCCCC(=O)NC(CO)C(O)CCCCC. The van der Waals surface area contributed by atoms with Crippen molar-refractivity contribution in [2.45, 2.75) is 154 Å². The normalized spacial score (nSPS) is 14.4. The molecular weight excluding hydrogens is 615 g/mol. The van der Waals surface area contributed by atoms with Gasteiger partial charge in [0.15, 0.2) is 0 Å². The first-order chi connectivity index (χ1) is 24.7. The maximum atomic E-state index is 12.2. The number of rotatable bonds is 33. The molecule has 0 fully saturated rings. The van der Waals surface area contributed by atoms with Crippen LogP contribution in [0.25, 0.3) is 0 Å². The van der Waals surface area contributed by atoms with Crippen molar-refractivity contribution in [1.82, 2.24) is 5.32 Å². The fourth-order valence-corrected chi connectivity index (χ4v) is 4.97. The van der Waals surface area contributed by atoms with Crippen molar-refractivity contribution < 1.29 is 15.0 Å². The van der Waals surface area contributed by atoms with Gasteiger partial charge in [-0.2, -0.15) is 0 Å². The van der Waals surface area contributed by atoms with E-state index in [9.17, 15) is 15.0 Å². The number of aliphatic hydroxyl groups excluding tert-OH is 2. The predicted octanol–water partition coefficient (Wildman–Crippen LogP) is 12.2. The zero-order valence-corrected chi connectivity index (χ0v) is 31.9. The van der Waals surface area contributed by atoms with E-state index in [0.29, 0.717) is 12.8 Å². The summed E-state index contributed by atoms with van der Waals surface area (Å²) in [5, 5.41) is 22.5. The number of nitrogens with one attached hydrogen (secondary N) is 1. The van der Waals surface area contributed by atoms with Crippen LogP contribution in [-0.4, -0.2) is 34.9 Å². The smallest absolute Gasteiger partial charge is 0.220 e. The highest BCUT2D eigenvalue weighted by Gasteiger charge is 2.19. The van der Waals surface area contributed by atoms with Gasteiger partial charge in [0.25, 0.3) is 0 Å². The number of unbranched alkanes of at least 4 members (excludes halogenated alkanes) is 6. The van der Waals surface area contributed by atoms with Gasteiger partial charge in [0, 0.05) is 6.42 Å². The number of hydrogen-bond acceptors (Lipinski definition) is 3. The van der Waals surface area contributed by atoms with E-state index < -0.39 is 12.1 Å². The zero-order chi connectivity index (χ0) is 36.4. The Hall–Kier alpha value is -3.21. The fraction of sp³-hybridized carbons (Fsp3) is 0.543. The molecule has 2 unspecified atom stereocenters.